The highest BCUT2D eigenvalue weighted by atomic mass is 28.3. The summed E-state index contributed by atoms with van der Waals surface area (Å²) in [6.45, 7) is 43.9. The number of rotatable bonds is 0. The van der Waals surface area contributed by atoms with Crippen LogP contribution in [0.3, 0.4) is 0 Å². The Labute approximate surface area is 319 Å². The van der Waals surface area contributed by atoms with E-state index in [0.717, 1.165) is 11.1 Å². The molecule has 2 heteroatoms. The van der Waals surface area contributed by atoms with Crippen LogP contribution in [0.15, 0.2) is 72.8 Å². The maximum absolute atomic E-state index is 4.24. The largest absolute Gasteiger partial charge is 0.154 e. The molecule has 0 amide bonds. The smallest absolute Gasteiger partial charge is 0.124 e. The first-order valence-corrected chi connectivity index (χ1v) is 23.5. The van der Waals surface area contributed by atoms with Gasteiger partial charge in [-0.15, -0.1) is 11.1 Å². The Balaban J connectivity index is 2.10. The fourth-order valence-electron chi connectivity index (χ4n) is 12.1. The molecule has 0 aliphatic heterocycles. The Hall–Kier alpha value is -3.31. The van der Waals surface area contributed by atoms with E-state index < -0.39 is 16.1 Å². The second kappa shape index (κ2) is 12.6. The molecule has 0 bridgehead atoms. The van der Waals surface area contributed by atoms with Gasteiger partial charge in [0.05, 0.1) is 0 Å². The van der Waals surface area contributed by atoms with Crippen LogP contribution in [0, 0.1) is 22.9 Å². The lowest BCUT2D eigenvalue weighted by Crippen LogP contribution is -2.57. The van der Waals surface area contributed by atoms with Gasteiger partial charge in [-0.25, -0.2) is 0 Å². The molecule has 52 heavy (non-hydrogen) atoms. The number of hydrogen-bond donors (Lipinski definition) is 0. The van der Waals surface area contributed by atoms with Gasteiger partial charge < -0.3 is 0 Å². The zero-order valence-electron chi connectivity index (χ0n) is 35.9. The van der Waals surface area contributed by atoms with Gasteiger partial charge in [0.15, 0.2) is 16.1 Å². The molecule has 0 aliphatic rings. The minimum atomic E-state index is -2.37. The van der Waals surface area contributed by atoms with E-state index in [1.54, 1.807) is 0 Å². The second-order valence-corrected chi connectivity index (χ2v) is 34.2. The summed E-state index contributed by atoms with van der Waals surface area (Å²) in [6.07, 6.45) is 0. The fraction of sp³-hybridized carbons (Fsp3) is 0.480. The summed E-state index contributed by atoms with van der Waals surface area (Å²) in [4.78, 5) is 0. The predicted octanol–water partition coefficient (Wildman–Crippen LogP) is 15.8. The van der Waals surface area contributed by atoms with Crippen molar-refractivity contribution < 1.29 is 0 Å². The van der Waals surface area contributed by atoms with E-state index in [0.29, 0.717) is 0 Å². The molecule has 0 saturated heterocycles. The van der Waals surface area contributed by atoms with E-state index in [9.17, 15) is 0 Å². The van der Waals surface area contributed by atoms with Crippen molar-refractivity contribution in [2.24, 2.45) is 0 Å². The van der Waals surface area contributed by atoms with Crippen LogP contribution in [0.2, 0.25) is 30.2 Å². The Bertz CT molecular complexity index is 1970. The highest BCUT2D eigenvalue weighted by molar-refractivity contribution is 6.95. The molecule has 0 saturated carbocycles. The van der Waals surface area contributed by atoms with Gasteiger partial charge in [0.25, 0.3) is 0 Å². The van der Waals surface area contributed by atoms with E-state index in [-0.39, 0.29) is 30.2 Å². The van der Waals surface area contributed by atoms with Crippen LogP contribution in [-0.2, 0) is 0 Å². The molecule has 0 radical (unpaired) electrons. The third kappa shape index (κ3) is 6.27. The van der Waals surface area contributed by atoms with Gasteiger partial charge in [0, 0.05) is 11.1 Å². The summed E-state index contributed by atoms with van der Waals surface area (Å²) < 4.78 is 0. The summed E-state index contributed by atoms with van der Waals surface area (Å²) in [7, 11) is -4.73. The fourth-order valence-corrected chi connectivity index (χ4v) is 28.4. The minimum Gasteiger partial charge on any atom is -0.124 e. The van der Waals surface area contributed by atoms with Crippen LogP contribution in [0.25, 0.3) is 43.1 Å². The van der Waals surface area contributed by atoms with Crippen LogP contribution < -0.4 is 0 Å². The summed E-state index contributed by atoms with van der Waals surface area (Å²) in [6, 6.07) is 27.2. The summed E-state index contributed by atoms with van der Waals surface area (Å²) in [5, 5.41) is 10.2. The van der Waals surface area contributed by atoms with Gasteiger partial charge in [-0.3, -0.25) is 0 Å². The third-order valence-corrected chi connectivity index (χ3v) is 26.8. The standard InChI is InChI=1S/C50H66Si2/c1-45(2,3)51(46(4,5)6,47(7,8)9)29-27-39-41-31-35-23-19-21-25-37(35)33-43(41)40(44-34-38-26-22-20-24-36(38)32-42(39)44)28-30-52(48(10,11)12,49(13,14)15)50(16,17)18/h19-26,31-34H,1-18H3. The zero-order chi connectivity index (χ0) is 39.1. The van der Waals surface area contributed by atoms with Gasteiger partial charge in [0.2, 0.25) is 0 Å². The Morgan fingerprint density at radius 1 is 0.327 bits per heavy atom. The predicted molar refractivity (Wildman–Crippen MR) is 240 cm³/mol. The van der Waals surface area contributed by atoms with Crippen molar-refractivity contribution in [3.05, 3.63) is 83.9 Å². The SMILES string of the molecule is CC(C)(C)[Si](C#Cc1c2cc3ccccc3cc2c(C#C[Si](C(C)(C)C)(C(C)(C)C)C(C)(C)C)c2cc3ccccc3cc12)(C(C)(C)C)C(C)(C)C. The second-order valence-electron chi connectivity index (χ2n) is 21.7. The summed E-state index contributed by atoms with van der Waals surface area (Å²) in [5.41, 5.74) is 10.8. The van der Waals surface area contributed by atoms with E-state index in [2.05, 4.69) is 220 Å². The molecule has 0 heterocycles. The average molecular weight is 723 g/mol. The molecule has 5 rings (SSSR count). The maximum atomic E-state index is 4.24. The molecule has 0 spiro atoms. The number of fused-ring (bicyclic) bond motifs is 4. The van der Waals surface area contributed by atoms with Crippen molar-refractivity contribution in [3.63, 3.8) is 0 Å². The lowest BCUT2D eigenvalue weighted by Gasteiger charge is -2.55. The van der Waals surface area contributed by atoms with Crippen molar-refractivity contribution in [1.29, 1.82) is 0 Å². The van der Waals surface area contributed by atoms with E-state index in [1.165, 1.54) is 43.1 Å². The molecule has 0 atom stereocenters. The lowest BCUT2D eigenvalue weighted by atomic mass is 9.89. The van der Waals surface area contributed by atoms with Crippen molar-refractivity contribution in [1.82, 2.24) is 0 Å². The monoisotopic (exact) mass is 722 g/mol. The van der Waals surface area contributed by atoms with E-state index >= 15 is 0 Å². The quantitative estimate of drug-likeness (QED) is 0.0848. The Morgan fingerprint density at radius 2 is 0.519 bits per heavy atom. The Morgan fingerprint density at radius 3 is 0.692 bits per heavy atom. The normalized spacial score (nSPS) is 14.0. The first kappa shape index (κ1) is 39.9. The highest BCUT2D eigenvalue weighted by Crippen LogP contribution is 2.63. The molecular formula is C50H66Si2. The van der Waals surface area contributed by atoms with Crippen molar-refractivity contribution in [3.8, 4) is 22.9 Å². The summed E-state index contributed by atoms with van der Waals surface area (Å²) in [5.74, 6) is 8.13. The average Bonchev–Trinajstić information content (AvgIpc) is 2.96. The van der Waals surface area contributed by atoms with Gasteiger partial charge >= 0.3 is 0 Å². The molecule has 0 unspecified atom stereocenters. The van der Waals surface area contributed by atoms with Gasteiger partial charge in [-0.05, 0) is 97.6 Å². The lowest BCUT2D eigenvalue weighted by molar-refractivity contribution is 0.548. The Kier molecular flexibility index (Phi) is 9.70. The first-order chi connectivity index (χ1) is 23.6. The highest BCUT2D eigenvalue weighted by Gasteiger charge is 2.60. The topological polar surface area (TPSA) is 0 Å². The first-order valence-electron chi connectivity index (χ1n) is 19.5. The molecule has 0 aliphatic carbocycles. The van der Waals surface area contributed by atoms with Crippen LogP contribution in [-0.4, -0.2) is 16.1 Å². The van der Waals surface area contributed by atoms with Crippen LogP contribution in [0.1, 0.15) is 136 Å². The minimum absolute atomic E-state index is 0.0632. The third-order valence-electron chi connectivity index (χ3n) is 12.3. The van der Waals surface area contributed by atoms with E-state index in [4.69, 9.17) is 0 Å². The number of benzene rings is 5. The van der Waals surface area contributed by atoms with Crippen LogP contribution in [0.4, 0.5) is 0 Å². The van der Waals surface area contributed by atoms with Crippen LogP contribution in [0.5, 0.6) is 0 Å². The molecular weight excluding hydrogens is 657 g/mol. The van der Waals surface area contributed by atoms with Gasteiger partial charge in [0.1, 0.15) is 0 Å². The molecule has 5 aromatic rings. The van der Waals surface area contributed by atoms with Crippen molar-refractivity contribution in [2.45, 2.75) is 155 Å². The van der Waals surface area contributed by atoms with Crippen LogP contribution >= 0.6 is 0 Å². The van der Waals surface area contributed by atoms with E-state index in [1.807, 2.05) is 0 Å². The maximum Gasteiger partial charge on any atom is 0.154 e. The molecule has 0 N–H and O–H groups in total. The van der Waals surface area contributed by atoms with Gasteiger partial charge in [-0.1, -0.05) is 185 Å². The van der Waals surface area contributed by atoms with Gasteiger partial charge in [-0.2, -0.15) is 0 Å². The van der Waals surface area contributed by atoms with Crippen molar-refractivity contribution in [2.75, 3.05) is 0 Å². The molecule has 0 nitrogen and oxygen atoms in total. The summed E-state index contributed by atoms with van der Waals surface area (Å²) >= 11 is 0. The molecule has 0 fully saturated rings. The van der Waals surface area contributed by atoms with Crippen molar-refractivity contribution >= 4 is 59.2 Å². The molecule has 5 aromatic carbocycles. The molecule has 0 aromatic heterocycles. The zero-order valence-corrected chi connectivity index (χ0v) is 37.9. The molecule has 274 valence electrons. The number of hydrogen-bond acceptors (Lipinski definition) is 0.